The minimum atomic E-state index is -1.67. The van der Waals surface area contributed by atoms with Crippen LogP contribution in [0, 0.1) is 0 Å². The van der Waals surface area contributed by atoms with E-state index < -0.39 is 34.2 Å². The molecule has 42 heavy (non-hydrogen) atoms. The maximum Gasteiger partial charge on any atom is 0.187 e. The molecular weight excluding hydrogens is 597 g/mol. The van der Waals surface area contributed by atoms with E-state index in [1.54, 1.807) is 0 Å². The van der Waals surface area contributed by atoms with Crippen LogP contribution in [0.3, 0.4) is 0 Å². The van der Waals surface area contributed by atoms with Gasteiger partial charge in [-0.25, -0.2) is 0 Å². The van der Waals surface area contributed by atoms with Crippen molar-refractivity contribution in [2.24, 2.45) is 0 Å². The molecule has 0 aromatic carbocycles. The summed E-state index contributed by atoms with van der Waals surface area (Å²) in [6.07, 6.45) is 4.90. The Bertz CT molecular complexity index is 663. The first kappa shape index (κ1) is 38.7. The van der Waals surface area contributed by atoms with Gasteiger partial charge >= 0.3 is 0 Å². The van der Waals surface area contributed by atoms with E-state index in [1.807, 2.05) is 14.2 Å². The van der Waals surface area contributed by atoms with Gasteiger partial charge in [-0.1, -0.05) is 26.2 Å². The molecule has 0 saturated carbocycles. The van der Waals surface area contributed by atoms with Crippen molar-refractivity contribution in [3.63, 3.8) is 0 Å². The molecule has 12 heteroatoms. The van der Waals surface area contributed by atoms with Crippen LogP contribution in [0.25, 0.3) is 0 Å². The summed E-state index contributed by atoms with van der Waals surface area (Å²) in [5.74, 6) is 0. The summed E-state index contributed by atoms with van der Waals surface area (Å²) in [6, 6.07) is 2.41. The Morgan fingerprint density at radius 3 is 1.40 bits per heavy atom. The molecule has 2 heterocycles. The van der Waals surface area contributed by atoms with Gasteiger partial charge in [0, 0.05) is 51.9 Å². The highest BCUT2D eigenvalue weighted by Gasteiger charge is 2.32. The van der Waals surface area contributed by atoms with Crippen LogP contribution < -0.4 is 0 Å². The molecule has 2 aliphatic rings. The van der Waals surface area contributed by atoms with Crippen molar-refractivity contribution in [2.45, 2.75) is 114 Å². The Morgan fingerprint density at radius 1 is 0.690 bits per heavy atom. The molecule has 0 bridgehead atoms. The molecule has 0 aromatic rings. The molecule has 0 N–H and O–H groups in total. The summed E-state index contributed by atoms with van der Waals surface area (Å²) in [7, 11) is -0.516. The molecule has 8 nitrogen and oxygen atoms in total. The van der Waals surface area contributed by atoms with Crippen molar-refractivity contribution in [3.8, 4) is 0 Å². The number of methoxy groups -OCH3 is 2. The van der Waals surface area contributed by atoms with Gasteiger partial charge in [-0.3, -0.25) is 0 Å². The summed E-state index contributed by atoms with van der Waals surface area (Å²) in [6.45, 7) is 27.6. The summed E-state index contributed by atoms with van der Waals surface area (Å²) in [5, 5.41) is 0. The van der Waals surface area contributed by atoms with Gasteiger partial charge in [0.05, 0.1) is 56.2 Å². The van der Waals surface area contributed by atoms with E-state index in [1.165, 1.54) is 24.9 Å². The number of rotatable bonds is 17. The van der Waals surface area contributed by atoms with Gasteiger partial charge in [0.25, 0.3) is 0 Å². The van der Waals surface area contributed by atoms with E-state index in [-0.39, 0.29) is 12.2 Å². The summed E-state index contributed by atoms with van der Waals surface area (Å²) >= 11 is 0. The average Bonchev–Trinajstić information content (AvgIpc) is 2.87. The molecule has 2 saturated heterocycles. The van der Waals surface area contributed by atoms with Crippen LogP contribution >= 0.6 is 0 Å². The second-order valence-corrected chi connectivity index (χ2v) is 28.2. The maximum absolute atomic E-state index is 6.69. The molecule has 4 atom stereocenters. The Morgan fingerprint density at radius 2 is 1.07 bits per heavy atom. The molecule has 248 valence electrons. The zero-order valence-electron chi connectivity index (χ0n) is 29.0. The molecule has 2 rings (SSSR count). The number of nitrogens with zero attached hydrogens (tertiary/aromatic N) is 2. The van der Waals surface area contributed by atoms with Gasteiger partial charge in [-0.15, -0.1) is 0 Å². The van der Waals surface area contributed by atoms with E-state index in [4.69, 9.17) is 27.8 Å². The zero-order valence-corrected chi connectivity index (χ0v) is 33.0. The van der Waals surface area contributed by atoms with E-state index >= 15 is 0 Å². The van der Waals surface area contributed by atoms with Gasteiger partial charge in [-0.05, 0) is 77.0 Å². The van der Waals surface area contributed by atoms with E-state index in [2.05, 4.69) is 62.2 Å². The second kappa shape index (κ2) is 19.9. The second-order valence-electron chi connectivity index (χ2n) is 14.1. The number of hydrogen-bond acceptors (Lipinski definition) is 8. The first-order chi connectivity index (χ1) is 19.8. The van der Waals surface area contributed by atoms with Crippen molar-refractivity contribution in [3.05, 3.63) is 0 Å². The third kappa shape index (κ3) is 15.7. The van der Waals surface area contributed by atoms with Crippen LogP contribution in [0.2, 0.25) is 64.5 Å². The average molecular weight is 663 g/mol. The third-order valence-electron chi connectivity index (χ3n) is 8.65. The summed E-state index contributed by atoms with van der Waals surface area (Å²) < 4.78 is 37.3. The summed E-state index contributed by atoms with van der Waals surface area (Å²) in [5.41, 5.74) is 0.814. The highest BCUT2D eigenvalue weighted by atomic mass is 28.4. The van der Waals surface area contributed by atoms with Crippen molar-refractivity contribution in [1.29, 1.82) is 0 Å². The number of hydrogen-bond donors (Lipinski definition) is 0. The predicted octanol–water partition coefficient (Wildman–Crippen LogP) is 5.01. The quantitative estimate of drug-likeness (QED) is 0.159. The zero-order chi connectivity index (χ0) is 31.2. The highest BCUT2D eigenvalue weighted by molar-refractivity contribution is 6.71. The normalized spacial score (nSPS) is 26.0. The van der Waals surface area contributed by atoms with Crippen LogP contribution in [0.15, 0.2) is 0 Å². The highest BCUT2D eigenvalue weighted by Crippen LogP contribution is 2.22. The Kier molecular flexibility index (Phi) is 18.4. The van der Waals surface area contributed by atoms with E-state index in [9.17, 15) is 0 Å². The molecule has 2 fully saturated rings. The summed E-state index contributed by atoms with van der Waals surface area (Å²) in [4.78, 5) is 5.15. The molecule has 2 radical (unpaired) electrons. The first-order valence-electron chi connectivity index (χ1n) is 16.5. The Labute approximate surface area is 264 Å². The lowest BCUT2D eigenvalue weighted by Gasteiger charge is -2.37. The maximum atomic E-state index is 6.69. The largest absolute Gasteiger partial charge is 0.411 e. The standard InChI is InChI=1S/C30H66N2O6Si4/c1-33-29(39(3)4)13-17-31-15-11-21-41(7,8)37-27(23-31)25-35-19-20-36-26-28-24-32(16-12-22-42(9,10)38-28)18-14-30(34-2)40(5)6/h27-30H,11-26H2,1-10H3. The van der Waals surface area contributed by atoms with Gasteiger partial charge < -0.3 is 37.6 Å². The smallest absolute Gasteiger partial charge is 0.187 e. The fourth-order valence-corrected chi connectivity index (χ4v) is 13.0. The van der Waals surface area contributed by atoms with E-state index in [0.29, 0.717) is 37.9 Å². The number of ether oxygens (including phenoxy) is 4. The Hall–Kier alpha value is 0.548. The minimum absolute atomic E-state index is 0.124. The minimum Gasteiger partial charge on any atom is -0.411 e. The topological polar surface area (TPSA) is 61.9 Å². The van der Waals surface area contributed by atoms with Crippen molar-refractivity contribution in [1.82, 2.24) is 9.80 Å². The molecular formula is C30H66N2O6Si4. The Balaban J connectivity index is 1.80. The molecule has 0 amide bonds. The van der Waals surface area contributed by atoms with Crippen LogP contribution in [0.1, 0.15) is 25.7 Å². The van der Waals surface area contributed by atoms with Gasteiger partial charge in [0.15, 0.2) is 16.6 Å². The van der Waals surface area contributed by atoms with Crippen LogP contribution in [-0.2, 0) is 27.8 Å². The van der Waals surface area contributed by atoms with Crippen molar-refractivity contribution >= 4 is 34.2 Å². The van der Waals surface area contributed by atoms with Gasteiger partial charge in [-0.2, -0.15) is 0 Å². The molecule has 2 aliphatic heterocycles. The first-order valence-corrected chi connectivity index (χ1v) is 27.8. The van der Waals surface area contributed by atoms with E-state index in [0.717, 1.165) is 52.1 Å². The fourth-order valence-electron chi connectivity index (χ4n) is 6.32. The fraction of sp³-hybridized carbons (Fsp3) is 1.00. The lowest BCUT2D eigenvalue weighted by atomic mass is 10.3. The molecule has 4 unspecified atom stereocenters. The molecule has 0 aliphatic carbocycles. The van der Waals surface area contributed by atoms with Crippen LogP contribution in [0.4, 0.5) is 0 Å². The predicted molar refractivity (Wildman–Crippen MR) is 184 cm³/mol. The third-order valence-corrected chi connectivity index (χ3v) is 17.3. The van der Waals surface area contributed by atoms with Crippen molar-refractivity contribution in [2.75, 3.05) is 79.9 Å². The SMILES string of the molecule is COC(CCN1CCC[Si](C)(C)OC(COCCOCC2CN(CCC(OC)[Si](C)C)CCC[Si](C)(C)O2)C1)[Si](C)C. The van der Waals surface area contributed by atoms with Crippen LogP contribution in [-0.4, -0.2) is 148 Å². The molecule has 0 aromatic heterocycles. The van der Waals surface area contributed by atoms with Crippen molar-refractivity contribution < 1.29 is 27.8 Å². The molecule has 0 spiro atoms. The van der Waals surface area contributed by atoms with Crippen LogP contribution in [0.5, 0.6) is 0 Å². The van der Waals surface area contributed by atoms with Gasteiger partial charge in [0.1, 0.15) is 0 Å². The monoisotopic (exact) mass is 662 g/mol. The van der Waals surface area contributed by atoms with Gasteiger partial charge in [0.2, 0.25) is 0 Å². The lowest BCUT2D eigenvalue weighted by molar-refractivity contribution is -0.0249. The lowest BCUT2D eigenvalue weighted by Crippen LogP contribution is -2.48.